The van der Waals surface area contributed by atoms with Gasteiger partial charge in [-0.1, -0.05) is 18.2 Å². The molecular formula is C17H25NO6S. The summed E-state index contributed by atoms with van der Waals surface area (Å²) in [6.45, 7) is 8.52. The number of amides is 1. The lowest BCUT2D eigenvalue weighted by molar-refractivity contribution is -0.139. The van der Waals surface area contributed by atoms with Crippen LogP contribution in [0.4, 0.5) is 4.79 Å². The Morgan fingerprint density at radius 1 is 1.28 bits per heavy atom. The van der Waals surface area contributed by atoms with Gasteiger partial charge in [-0.25, -0.2) is 13.2 Å². The highest BCUT2D eigenvalue weighted by Crippen LogP contribution is 2.28. The van der Waals surface area contributed by atoms with Crippen molar-refractivity contribution in [3.8, 4) is 0 Å². The maximum Gasteiger partial charge on any atom is 0.408 e. The number of carbonyl (C=O) groups is 1. The van der Waals surface area contributed by atoms with E-state index in [0.717, 1.165) is 0 Å². The first-order chi connectivity index (χ1) is 11.4. The molecule has 0 aromatic heterocycles. The first kappa shape index (κ1) is 19.7. The van der Waals surface area contributed by atoms with Gasteiger partial charge in [-0.3, -0.25) is 0 Å². The highest BCUT2D eigenvalue weighted by atomic mass is 32.2. The van der Waals surface area contributed by atoms with Crippen molar-refractivity contribution in [1.29, 1.82) is 0 Å². The summed E-state index contributed by atoms with van der Waals surface area (Å²) < 4.78 is 42.4. The molecule has 1 aliphatic heterocycles. The second-order valence-electron chi connectivity index (χ2n) is 7.29. The highest BCUT2D eigenvalue weighted by molar-refractivity contribution is 7.92. The molecule has 1 aromatic rings. The largest absolute Gasteiger partial charge is 0.444 e. The third kappa shape index (κ3) is 5.17. The monoisotopic (exact) mass is 371 g/mol. The molecule has 25 heavy (non-hydrogen) atoms. The Morgan fingerprint density at radius 2 is 1.88 bits per heavy atom. The number of rotatable bonds is 4. The molecule has 8 heteroatoms. The Hall–Kier alpha value is -1.64. The van der Waals surface area contributed by atoms with Crippen LogP contribution in [-0.4, -0.2) is 44.0 Å². The summed E-state index contributed by atoms with van der Waals surface area (Å²) in [6.07, 6.45) is -1.68. The van der Waals surface area contributed by atoms with Gasteiger partial charge in [0.25, 0.3) is 0 Å². The summed E-state index contributed by atoms with van der Waals surface area (Å²) >= 11 is 0. The summed E-state index contributed by atoms with van der Waals surface area (Å²) in [5, 5.41) is 1.11. The second kappa shape index (κ2) is 6.93. The SMILES string of the molecule is CC(C)(C)OC(=O)NC([C@H]1COC(C)(C)O1)S(=O)(=O)c1ccccc1. The number of benzene rings is 1. The normalized spacial score (nSPS) is 21.6. The molecule has 2 atom stereocenters. The molecule has 1 aromatic carbocycles. The minimum absolute atomic E-state index is 0.0412. The average Bonchev–Trinajstić information content (AvgIpc) is 2.83. The molecule has 0 spiro atoms. The lowest BCUT2D eigenvalue weighted by Crippen LogP contribution is -2.51. The molecule has 0 bridgehead atoms. The number of hydrogen-bond acceptors (Lipinski definition) is 6. The van der Waals surface area contributed by atoms with Gasteiger partial charge in [0.2, 0.25) is 9.84 Å². The van der Waals surface area contributed by atoms with Crippen molar-refractivity contribution in [2.45, 2.75) is 62.4 Å². The van der Waals surface area contributed by atoms with Gasteiger partial charge in [0, 0.05) is 0 Å². The molecule has 1 amide bonds. The molecule has 1 saturated heterocycles. The minimum atomic E-state index is -3.90. The number of hydrogen-bond donors (Lipinski definition) is 1. The predicted octanol–water partition coefficient (Wildman–Crippen LogP) is 2.46. The standard InChI is InChI=1S/C17H25NO6S/c1-16(2,3)24-15(19)18-14(13-11-22-17(4,5)23-13)25(20,21)12-9-7-6-8-10-12/h6-10,13-14H,11H2,1-5H3,(H,18,19)/t13-,14?/m1/s1. The maximum absolute atomic E-state index is 13.0. The van der Waals surface area contributed by atoms with Crippen LogP contribution < -0.4 is 5.32 Å². The van der Waals surface area contributed by atoms with E-state index in [2.05, 4.69) is 5.32 Å². The number of ether oxygens (including phenoxy) is 3. The van der Waals surface area contributed by atoms with Crippen molar-refractivity contribution in [2.24, 2.45) is 0 Å². The molecule has 1 fully saturated rings. The van der Waals surface area contributed by atoms with E-state index in [-0.39, 0.29) is 11.5 Å². The van der Waals surface area contributed by atoms with Crippen LogP contribution in [0, 0.1) is 0 Å². The average molecular weight is 371 g/mol. The number of sulfone groups is 1. The smallest absolute Gasteiger partial charge is 0.408 e. The lowest BCUT2D eigenvalue weighted by Gasteiger charge is -2.27. The van der Waals surface area contributed by atoms with Crippen molar-refractivity contribution in [2.75, 3.05) is 6.61 Å². The molecule has 0 saturated carbocycles. The van der Waals surface area contributed by atoms with Crippen LogP contribution in [0.2, 0.25) is 0 Å². The van der Waals surface area contributed by atoms with Gasteiger partial charge in [-0.15, -0.1) is 0 Å². The fourth-order valence-electron chi connectivity index (χ4n) is 2.42. The quantitative estimate of drug-likeness (QED) is 0.874. The number of alkyl carbamates (subject to hydrolysis) is 1. The molecule has 140 valence electrons. The Bertz CT molecular complexity index is 708. The van der Waals surface area contributed by atoms with E-state index in [4.69, 9.17) is 14.2 Å². The molecule has 1 N–H and O–H groups in total. The third-order valence-corrected chi connectivity index (χ3v) is 5.45. The van der Waals surface area contributed by atoms with E-state index in [9.17, 15) is 13.2 Å². The van der Waals surface area contributed by atoms with E-state index in [1.54, 1.807) is 52.8 Å². The van der Waals surface area contributed by atoms with Gasteiger partial charge >= 0.3 is 6.09 Å². The first-order valence-corrected chi connectivity index (χ1v) is 9.56. The molecule has 1 aliphatic rings. The Balaban J connectivity index is 2.31. The molecule has 2 rings (SSSR count). The van der Waals surface area contributed by atoms with Crippen LogP contribution >= 0.6 is 0 Å². The van der Waals surface area contributed by atoms with Crippen LogP contribution in [-0.2, 0) is 24.0 Å². The molecule has 0 radical (unpaired) electrons. The molecule has 1 unspecified atom stereocenters. The van der Waals surface area contributed by atoms with Crippen LogP contribution in [0.25, 0.3) is 0 Å². The van der Waals surface area contributed by atoms with Gasteiger partial charge in [0.05, 0.1) is 11.5 Å². The van der Waals surface area contributed by atoms with Crippen LogP contribution in [0.15, 0.2) is 35.2 Å². The Kier molecular flexibility index (Phi) is 5.46. The zero-order chi connectivity index (χ0) is 18.9. The van der Waals surface area contributed by atoms with E-state index >= 15 is 0 Å². The van der Waals surface area contributed by atoms with Gasteiger partial charge in [-0.2, -0.15) is 0 Å². The van der Waals surface area contributed by atoms with Gasteiger partial charge in [0.1, 0.15) is 11.7 Å². The Morgan fingerprint density at radius 3 is 2.36 bits per heavy atom. The van der Waals surface area contributed by atoms with Crippen molar-refractivity contribution >= 4 is 15.9 Å². The Labute approximate surface area is 148 Å². The number of nitrogens with one attached hydrogen (secondary N) is 1. The van der Waals surface area contributed by atoms with Crippen LogP contribution in [0.1, 0.15) is 34.6 Å². The summed E-state index contributed by atoms with van der Waals surface area (Å²) in [7, 11) is -3.90. The van der Waals surface area contributed by atoms with Gasteiger partial charge in [-0.05, 0) is 46.8 Å². The second-order valence-corrected chi connectivity index (χ2v) is 9.36. The van der Waals surface area contributed by atoms with E-state index < -0.39 is 38.8 Å². The van der Waals surface area contributed by atoms with Crippen LogP contribution in [0.5, 0.6) is 0 Å². The fraction of sp³-hybridized carbons (Fsp3) is 0.588. The molecule has 7 nitrogen and oxygen atoms in total. The zero-order valence-corrected chi connectivity index (χ0v) is 15.9. The van der Waals surface area contributed by atoms with Gasteiger partial charge < -0.3 is 19.5 Å². The van der Waals surface area contributed by atoms with Crippen molar-refractivity contribution in [3.05, 3.63) is 30.3 Å². The van der Waals surface area contributed by atoms with Crippen molar-refractivity contribution in [1.82, 2.24) is 5.32 Å². The van der Waals surface area contributed by atoms with E-state index in [0.29, 0.717) is 0 Å². The molecule has 0 aliphatic carbocycles. The first-order valence-electron chi connectivity index (χ1n) is 8.01. The molecular weight excluding hydrogens is 346 g/mol. The van der Waals surface area contributed by atoms with Crippen molar-refractivity contribution < 1.29 is 27.4 Å². The van der Waals surface area contributed by atoms with Crippen molar-refractivity contribution in [3.63, 3.8) is 0 Å². The predicted molar refractivity (Wildman–Crippen MR) is 91.7 cm³/mol. The minimum Gasteiger partial charge on any atom is -0.444 e. The summed E-state index contributed by atoms with van der Waals surface area (Å²) in [5.41, 5.74) is -0.753. The highest BCUT2D eigenvalue weighted by Gasteiger charge is 2.45. The summed E-state index contributed by atoms with van der Waals surface area (Å²) in [6, 6.07) is 7.90. The lowest BCUT2D eigenvalue weighted by atomic mass is 10.2. The number of carbonyl (C=O) groups excluding carboxylic acids is 1. The van der Waals surface area contributed by atoms with E-state index in [1.807, 2.05) is 0 Å². The zero-order valence-electron chi connectivity index (χ0n) is 15.1. The molecule has 1 heterocycles. The van der Waals surface area contributed by atoms with Gasteiger partial charge in [0.15, 0.2) is 11.2 Å². The van der Waals surface area contributed by atoms with E-state index in [1.165, 1.54) is 12.1 Å². The van der Waals surface area contributed by atoms with Crippen LogP contribution in [0.3, 0.4) is 0 Å². The topological polar surface area (TPSA) is 90.9 Å². The maximum atomic E-state index is 13.0. The summed E-state index contributed by atoms with van der Waals surface area (Å²) in [5.74, 6) is -0.926. The summed E-state index contributed by atoms with van der Waals surface area (Å²) in [4.78, 5) is 12.3. The fourth-order valence-corrected chi connectivity index (χ4v) is 4.03. The third-order valence-electron chi connectivity index (χ3n) is 3.43.